The molecule has 16 aromatic rings. The number of esters is 3. The number of anilines is 10. The second kappa shape index (κ2) is 43.9. The van der Waals surface area contributed by atoms with E-state index in [4.69, 9.17) is 68.9 Å². The Balaban J connectivity index is 0.000000153. The molecule has 0 radical (unpaired) electrons. The van der Waals surface area contributed by atoms with Crippen LogP contribution in [0, 0.1) is 11.2 Å². The quantitative estimate of drug-likeness (QED) is 0.0169. The lowest BCUT2D eigenvalue weighted by molar-refractivity contribution is -0.143. The lowest BCUT2D eigenvalue weighted by Gasteiger charge is -2.23. The van der Waals surface area contributed by atoms with Gasteiger partial charge >= 0.3 is 46.0 Å². The Kier molecular flexibility index (Phi) is 31.7. The molecule has 700 valence electrons. The van der Waals surface area contributed by atoms with E-state index in [1.165, 1.54) is 83.0 Å². The highest BCUT2D eigenvalue weighted by Gasteiger charge is 2.28. The summed E-state index contributed by atoms with van der Waals surface area (Å²) in [5.74, 6) is 6.02. The van der Waals surface area contributed by atoms with Crippen molar-refractivity contribution in [1.29, 1.82) is 0 Å². The van der Waals surface area contributed by atoms with Crippen molar-refractivity contribution in [2.75, 3.05) is 102 Å². The van der Waals surface area contributed by atoms with E-state index in [0.29, 0.717) is 115 Å². The molecule has 29 nitrogen and oxygen atoms in total. The van der Waals surface area contributed by atoms with E-state index in [0.717, 1.165) is 55.8 Å². The van der Waals surface area contributed by atoms with Crippen LogP contribution in [0.5, 0.6) is 57.5 Å². The summed E-state index contributed by atoms with van der Waals surface area (Å²) in [6.07, 6.45) is 1.33. The van der Waals surface area contributed by atoms with Gasteiger partial charge in [0.05, 0.1) is 80.9 Å². The fourth-order valence-corrected chi connectivity index (χ4v) is 15.0. The molecule has 136 heavy (non-hydrogen) atoms. The number of carbonyl (C=O) groups is 3. The molecule has 0 N–H and O–H groups in total. The maximum Gasteiger partial charge on any atom is 0.338 e. The van der Waals surface area contributed by atoms with Crippen molar-refractivity contribution in [2.24, 2.45) is 5.41 Å². The molecular formula is C105H98FN5O24S. The molecular weight excluding hydrogens is 1770 g/mol. The summed E-state index contributed by atoms with van der Waals surface area (Å²) < 4.78 is 107. The summed E-state index contributed by atoms with van der Waals surface area (Å²) in [7, 11) is 13.5. The second-order valence-corrected chi connectivity index (χ2v) is 32.8. The number of para-hydroxylation sites is 5. The van der Waals surface area contributed by atoms with Crippen LogP contribution < -0.4 is 99.4 Å². The number of carbonyl (C=O) groups excluding carboxylic acids is 3. The van der Waals surface area contributed by atoms with Gasteiger partial charge in [0.2, 0.25) is 0 Å². The number of rotatable bonds is 25. The van der Waals surface area contributed by atoms with Crippen LogP contribution >= 0.6 is 0 Å². The molecule has 0 aliphatic heterocycles. The van der Waals surface area contributed by atoms with Crippen LogP contribution in [0.4, 0.5) is 61.3 Å². The summed E-state index contributed by atoms with van der Waals surface area (Å²) in [6.45, 7) is 12.9. The lowest BCUT2D eigenvalue weighted by atomic mass is 9.97. The van der Waals surface area contributed by atoms with E-state index in [2.05, 4.69) is 12.4 Å². The topological polar surface area (TPSA) is 328 Å². The van der Waals surface area contributed by atoms with E-state index in [-0.39, 0.29) is 40.4 Å². The molecule has 0 saturated carbocycles. The molecule has 16 rings (SSSR count). The number of hydrogen-bond acceptors (Lipinski definition) is 29. The zero-order valence-corrected chi connectivity index (χ0v) is 77.9. The monoisotopic (exact) mass is 1860 g/mol. The van der Waals surface area contributed by atoms with Gasteiger partial charge in [-0.15, -0.1) is 0 Å². The Labute approximate surface area is 781 Å². The van der Waals surface area contributed by atoms with Gasteiger partial charge in [-0.2, -0.15) is 0 Å². The van der Waals surface area contributed by atoms with Crippen molar-refractivity contribution >= 4 is 145 Å². The Morgan fingerprint density at radius 3 is 0.904 bits per heavy atom. The lowest BCUT2D eigenvalue weighted by Crippen LogP contribution is -2.25. The van der Waals surface area contributed by atoms with Crippen molar-refractivity contribution in [3.63, 3.8) is 0 Å². The maximum absolute atomic E-state index is 13.3. The molecule has 31 heteroatoms. The van der Waals surface area contributed by atoms with Crippen LogP contribution in [-0.2, 0) is 24.2 Å². The third-order valence-corrected chi connectivity index (χ3v) is 22.5. The summed E-state index contributed by atoms with van der Waals surface area (Å²) in [5.41, 5.74) is 6.84. The maximum atomic E-state index is 13.3. The molecule has 0 saturated heterocycles. The number of benzene rings is 11. The molecule has 1 unspecified atom stereocenters. The van der Waals surface area contributed by atoms with E-state index in [1.807, 2.05) is 164 Å². The van der Waals surface area contributed by atoms with Gasteiger partial charge in [0.25, 0.3) is 0 Å². The van der Waals surface area contributed by atoms with Crippen molar-refractivity contribution in [3.05, 3.63) is 337 Å². The van der Waals surface area contributed by atoms with Gasteiger partial charge in [0.1, 0.15) is 43.5 Å². The highest BCUT2D eigenvalue weighted by atomic mass is 32.2. The van der Waals surface area contributed by atoms with E-state index >= 15 is 0 Å². The molecule has 1 atom stereocenters. The summed E-state index contributed by atoms with van der Waals surface area (Å²) >= 11 is 0. The Bertz CT molecular complexity index is 7530. The number of hydrogen-bond donors (Lipinski definition) is 0. The number of fused-ring (bicyclic) bond motifs is 5. The molecule has 5 aromatic heterocycles. The number of halogens is 1. The minimum atomic E-state index is -3.24. The van der Waals surface area contributed by atoms with Gasteiger partial charge in [-0.05, 0) is 179 Å². The van der Waals surface area contributed by atoms with E-state index in [1.54, 1.807) is 150 Å². The average Bonchev–Trinajstić information content (AvgIpc) is 0.808. The van der Waals surface area contributed by atoms with Crippen molar-refractivity contribution in [2.45, 2.75) is 45.9 Å². The minimum absolute atomic E-state index is 0.188. The largest absolute Gasteiger partial charge is 0.493 e. The fourth-order valence-electron chi connectivity index (χ4n) is 13.9. The van der Waals surface area contributed by atoms with Crippen molar-refractivity contribution in [1.82, 2.24) is 0 Å². The third kappa shape index (κ3) is 23.5. The fraction of sp³-hybridized carbons (Fsp3) is 0.171. The van der Waals surface area contributed by atoms with Crippen LogP contribution in [0.25, 0.3) is 54.8 Å². The van der Waals surface area contributed by atoms with E-state index in [9.17, 15) is 47.0 Å². The smallest absolute Gasteiger partial charge is 0.338 e. The van der Waals surface area contributed by atoms with Gasteiger partial charge < -0.3 is 93.4 Å². The Morgan fingerprint density at radius 1 is 0.360 bits per heavy atom. The molecule has 0 aliphatic carbocycles. The molecule has 0 bridgehead atoms. The third-order valence-electron chi connectivity index (χ3n) is 21.0. The van der Waals surface area contributed by atoms with Crippen LogP contribution in [0.3, 0.4) is 0 Å². The predicted octanol–water partition coefficient (Wildman–Crippen LogP) is 20.8. The van der Waals surface area contributed by atoms with Crippen molar-refractivity contribution in [3.8, 4) is 57.5 Å². The highest BCUT2D eigenvalue weighted by Crippen LogP contribution is 2.44. The molecule has 0 amide bonds. The summed E-state index contributed by atoms with van der Waals surface area (Å²) in [5, 5.41) is 4.01. The van der Waals surface area contributed by atoms with Gasteiger partial charge in [0, 0.05) is 164 Å². The summed E-state index contributed by atoms with van der Waals surface area (Å²) in [4.78, 5) is 105. The molecule has 0 aliphatic rings. The average molecular weight is 1870 g/mol. The normalized spacial score (nSPS) is 11.2. The SMILES string of the molecule is C=CC(=O)Oc1cc(N(C)c2cc(=O)oc3ccccc23)ccc1OC.C=S(=O)(Oc1cc(N(C)c2cc(=O)oc3ccccc23)ccc1OC)c1ccc(F)cc1.CCC(=O)Oc1cc(N(C)c2cc(=O)oc3ccccc23)ccc1OC.CCOc1cc(N(C)c2cc(=O)oc3ccccc23)ccc1OC.COc1ccc(N(C)c2cc(=O)oc3ccccc23)cc1OC(=O)C(C)(C)C. The zero-order chi connectivity index (χ0) is 97.8. The predicted molar refractivity (Wildman–Crippen MR) is 526 cm³/mol. The van der Waals surface area contributed by atoms with Crippen LogP contribution in [0.15, 0.2) is 331 Å². The molecule has 0 fully saturated rings. The standard InChI is InChI=1S/C24H20FNO5S.C22H23NO5.C20H19NO5.C20H17NO5.C19H19NO4/c1-26(20-15-24(27)30-21-7-5-4-6-19(20)21)17-10-13-22(29-2)23(14-17)31-32(3,28)18-11-8-16(25)9-12-18;1-22(2,3)21(25)28-19-12-14(10-11-18(19)26-5)23(4)16-13-20(24)27-17-9-7-6-8-15(16)17;2*1-4-19(22)26-18-11-13(9-10-17(18)24-3)21(2)15-12-20(23)25-16-8-6-5-7-14(15)16;1-4-23-18-11-13(9-10-17(18)22-3)20(2)15-12-19(21)24-16-8-6-5-7-14(15)16/h4-15H,3H2,1-2H3;6-13H,1-5H3;5-12H,4H2,1-3H3;4-12H,1H2,2-3H3;5-12H,4H2,1-3H3. The van der Waals surface area contributed by atoms with Crippen molar-refractivity contribution < 1.29 is 91.9 Å². The molecule has 0 spiro atoms. The van der Waals surface area contributed by atoms with Gasteiger partial charge in [-0.3, -0.25) is 9.59 Å². The minimum Gasteiger partial charge on any atom is -0.493 e. The first-order valence-electron chi connectivity index (χ1n) is 42.1. The zero-order valence-electron chi connectivity index (χ0n) is 77.1. The van der Waals surface area contributed by atoms with Gasteiger partial charge in [-0.25, -0.2) is 37.4 Å². The van der Waals surface area contributed by atoms with Gasteiger partial charge in [0.15, 0.2) is 57.5 Å². The Morgan fingerprint density at radius 2 is 0.625 bits per heavy atom. The van der Waals surface area contributed by atoms with Crippen LogP contribution in [0.2, 0.25) is 0 Å². The number of nitrogens with zero attached hydrogens (tertiary/aromatic N) is 5. The van der Waals surface area contributed by atoms with Crippen LogP contribution in [0.1, 0.15) is 41.0 Å². The first-order valence-corrected chi connectivity index (χ1v) is 43.8. The first kappa shape index (κ1) is 98.2. The second-order valence-electron chi connectivity index (χ2n) is 30.9. The number of methoxy groups -OCH3 is 5. The number of ether oxygens (including phenoxy) is 9. The molecule has 5 heterocycles. The first-order chi connectivity index (χ1) is 65.2. The summed E-state index contributed by atoms with van der Waals surface area (Å²) in [6, 6.07) is 75.3. The highest BCUT2D eigenvalue weighted by molar-refractivity contribution is 7.96. The van der Waals surface area contributed by atoms with Crippen LogP contribution in [-0.4, -0.2) is 105 Å². The van der Waals surface area contributed by atoms with Gasteiger partial charge in [-0.1, -0.05) is 74.2 Å². The molecule has 11 aromatic carbocycles. The van der Waals surface area contributed by atoms with E-state index < -0.39 is 49.5 Å². The Hall–Kier alpha value is -16.8.